The summed E-state index contributed by atoms with van der Waals surface area (Å²) in [6.45, 7) is 7.02. The summed E-state index contributed by atoms with van der Waals surface area (Å²) in [4.78, 5) is 35.8. The first kappa shape index (κ1) is 13.7. The van der Waals surface area contributed by atoms with Crippen molar-refractivity contribution in [3.63, 3.8) is 0 Å². The van der Waals surface area contributed by atoms with Crippen LogP contribution in [0, 0.1) is 17.3 Å². The Balaban J connectivity index is 2.87. The van der Waals surface area contributed by atoms with Crippen LogP contribution in [0.5, 0.6) is 0 Å². The van der Waals surface area contributed by atoms with Crippen LogP contribution in [0.1, 0.15) is 34.1 Å². The van der Waals surface area contributed by atoms with Crippen LogP contribution in [-0.4, -0.2) is 34.3 Å². The van der Waals surface area contributed by atoms with E-state index in [2.05, 4.69) is 0 Å². The van der Waals surface area contributed by atoms with E-state index in [1.807, 2.05) is 13.8 Å². The standard InChI is InChI=1S/C12H19NO4/c1-7(2)12(4)5-9(14)13(11(12)17)6-8(3)10(15)16/h7-8H,5-6H2,1-4H3,(H,15,16). The summed E-state index contributed by atoms with van der Waals surface area (Å²) in [6, 6.07) is 0. The minimum Gasteiger partial charge on any atom is -0.481 e. The molecule has 1 N–H and O–H groups in total. The summed E-state index contributed by atoms with van der Waals surface area (Å²) >= 11 is 0. The molecule has 1 rings (SSSR count). The van der Waals surface area contributed by atoms with Crippen LogP contribution in [0.25, 0.3) is 0 Å². The Kier molecular flexibility index (Phi) is 3.59. The molecule has 1 aliphatic heterocycles. The van der Waals surface area contributed by atoms with Gasteiger partial charge in [0.05, 0.1) is 11.3 Å². The third-order valence-corrected chi connectivity index (χ3v) is 3.71. The zero-order chi connectivity index (χ0) is 13.4. The maximum atomic E-state index is 12.1. The van der Waals surface area contributed by atoms with E-state index in [1.165, 1.54) is 6.92 Å². The number of carboxylic acids is 1. The van der Waals surface area contributed by atoms with Crippen molar-refractivity contribution in [3.8, 4) is 0 Å². The number of imide groups is 1. The first-order chi connectivity index (χ1) is 7.70. The van der Waals surface area contributed by atoms with Crippen LogP contribution in [0.4, 0.5) is 0 Å². The molecule has 2 unspecified atom stereocenters. The number of likely N-dealkylation sites (tertiary alicyclic amines) is 1. The topological polar surface area (TPSA) is 74.7 Å². The fourth-order valence-electron chi connectivity index (χ4n) is 1.89. The van der Waals surface area contributed by atoms with Gasteiger partial charge in [0.25, 0.3) is 0 Å². The van der Waals surface area contributed by atoms with Gasteiger partial charge in [-0.25, -0.2) is 0 Å². The van der Waals surface area contributed by atoms with E-state index in [9.17, 15) is 14.4 Å². The van der Waals surface area contributed by atoms with Gasteiger partial charge in [0, 0.05) is 13.0 Å². The number of hydrogen-bond donors (Lipinski definition) is 1. The molecule has 0 aromatic heterocycles. The quantitative estimate of drug-likeness (QED) is 0.749. The number of carbonyl (C=O) groups excluding carboxylic acids is 2. The number of hydrogen-bond acceptors (Lipinski definition) is 3. The van der Waals surface area contributed by atoms with Gasteiger partial charge in [0.2, 0.25) is 11.8 Å². The summed E-state index contributed by atoms with van der Waals surface area (Å²) in [5.74, 6) is -2.17. The molecule has 17 heavy (non-hydrogen) atoms. The monoisotopic (exact) mass is 241 g/mol. The molecule has 0 spiro atoms. The zero-order valence-corrected chi connectivity index (χ0v) is 10.7. The Morgan fingerprint density at radius 3 is 2.29 bits per heavy atom. The minimum absolute atomic E-state index is 0.0324. The van der Waals surface area contributed by atoms with Crippen molar-refractivity contribution in [3.05, 3.63) is 0 Å². The highest BCUT2D eigenvalue weighted by Gasteiger charge is 2.50. The third kappa shape index (κ3) is 2.33. The predicted octanol–water partition coefficient (Wildman–Crippen LogP) is 1.13. The Morgan fingerprint density at radius 2 is 1.94 bits per heavy atom. The van der Waals surface area contributed by atoms with Gasteiger partial charge < -0.3 is 5.11 Å². The second-order valence-electron chi connectivity index (χ2n) is 5.30. The summed E-state index contributed by atoms with van der Waals surface area (Å²) in [5.41, 5.74) is -0.685. The van der Waals surface area contributed by atoms with Gasteiger partial charge in [-0.1, -0.05) is 20.8 Å². The normalized spacial score (nSPS) is 26.8. The third-order valence-electron chi connectivity index (χ3n) is 3.71. The molecule has 2 amide bonds. The van der Waals surface area contributed by atoms with E-state index in [0.29, 0.717) is 0 Å². The molecule has 0 aromatic rings. The van der Waals surface area contributed by atoms with Gasteiger partial charge in [-0.3, -0.25) is 19.3 Å². The predicted molar refractivity (Wildman–Crippen MR) is 61.1 cm³/mol. The van der Waals surface area contributed by atoms with E-state index >= 15 is 0 Å². The van der Waals surface area contributed by atoms with E-state index < -0.39 is 17.3 Å². The lowest BCUT2D eigenvalue weighted by Gasteiger charge is -2.26. The second kappa shape index (κ2) is 4.47. The molecule has 1 heterocycles. The Morgan fingerprint density at radius 1 is 1.41 bits per heavy atom. The Hall–Kier alpha value is -1.39. The van der Waals surface area contributed by atoms with Gasteiger partial charge in [0.15, 0.2) is 0 Å². The maximum absolute atomic E-state index is 12.1. The SMILES string of the molecule is CC(CN1C(=O)CC(C)(C(C)C)C1=O)C(=O)O. The number of nitrogens with zero attached hydrogens (tertiary/aromatic N) is 1. The first-order valence-electron chi connectivity index (χ1n) is 5.77. The fourth-order valence-corrected chi connectivity index (χ4v) is 1.89. The highest BCUT2D eigenvalue weighted by Crippen LogP contribution is 2.39. The van der Waals surface area contributed by atoms with Gasteiger partial charge in [-0.15, -0.1) is 0 Å². The minimum atomic E-state index is -0.997. The molecule has 96 valence electrons. The van der Waals surface area contributed by atoms with Gasteiger partial charge >= 0.3 is 5.97 Å². The number of aliphatic carboxylic acids is 1. The van der Waals surface area contributed by atoms with Crippen molar-refractivity contribution >= 4 is 17.8 Å². The van der Waals surface area contributed by atoms with Crippen LogP contribution >= 0.6 is 0 Å². The molecule has 5 nitrogen and oxygen atoms in total. The molecule has 0 radical (unpaired) electrons. The van der Waals surface area contributed by atoms with Crippen molar-refractivity contribution < 1.29 is 19.5 Å². The van der Waals surface area contributed by atoms with Gasteiger partial charge in [-0.05, 0) is 12.8 Å². The molecular weight excluding hydrogens is 222 g/mol. The maximum Gasteiger partial charge on any atom is 0.308 e. The molecule has 1 aliphatic rings. The van der Waals surface area contributed by atoms with E-state index in [-0.39, 0.29) is 30.7 Å². The van der Waals surface area contributed by atoms with Crippen molar-refractivity contribution in [1.29, 1.82) is 0 Å². The lowest BCUT2D eigenvalue weighted by Crippen LogP contribution is -2.40. The van der Waals surface area contributed by atoms with Crippen LogP contribution < -0.4 is 0 Å². The smallest absolute Gasteiger partial charge is 0.308 e. The lowest BCUT2D eigenvalue weighted by atomic mass is 9.78. The first-order valence-corrected chi connectivity index (χ1v) is 5.77. The van der Waals surface area contributed by atoms with Crippen LogP contribution in [0.2, 0.25) is 0 Å². The Bertz CT molecular complexity index is 364. The van der Waals surface area contributed by atoms with Crippen LogP contribution in [0.15, 0.2) is 0 Å². The van der Waals surface area contributed by atoms with E-state index in [0.717, 1.165) is 4.90 Å². The molecule has 0 bridgehead atoms. The number of amides is 2. The molecule has 2 atom stereocenters. The van der Waals surface area contributed by atoms with Crippen LogP contribution in [0.3, 0.4) is 0 Å². The average Bonchev–Trinajstić information content (AvgIpc) is 2.43. The summed E-state index contributed by atoms with van der Waals surface area (Å²) in [7, 11) is 0. The molecule has 1 fully saturated rings. The molecular formula is C12H19NO4. The molecule has 1 saturated heterocycles. The molecule has 0 aromatic carbocycles. The van der Waals surface area contributed by atoms with Crippen molar-refractivity contribution in [1.82, 2.24) is 4.90 Å². The largest absolute Gasteiger partial charge is 0.481 e. The van der Waals surface area contributed by atoms with Crippen molar-refractivity contribution in [2.75, 3.05) is 6.54 Å². The number of rotatable bonds is 4. The highest BCUT2D eigenvalue weighted by atomic mass is 16.4. The average molecular weight is 241 g/mol. The number of carbonyl (C=O) groups is 3. The molecule has 5 heteroatoms. The summed E-state index contributed by atoms with van der Waals surface area (Å²) in [5, 5.41) is 8.80. The highest BCUT2D eigenvalue weighted by molar-refractivity contribution is 6.06. The summed E-state index contributed by atoms with van der Waals surface area (Å²) < 4.78 is 0. The van der Waals surface area contributed by atoms with Crippen molar-refractivity contribution in [2.24, 2.45) is 17.3 Å². The Labute approximate surface area is 101 Å². The fraction of sp³-hybridized carbons (Fsp3) is 0.750. The lowest BCUT2D eigenvalue weighted by molar-refractivity contribution is -0.146. The second-order valence-corrected chi connectivity index (χ2v) is 5.30. The zero-order valence-electron chi connectivity index (χ0n) is 10.7. The van der Waals surface area contributed by atoms with Gasteiger partial charge in [0.1, 0.15) is 0 Å². The van der Waals surface area contributed by atoms with E-state index in [1.54, 1.807) is 6.92 Å². The molecule has 0 saturated carbocycles. The van der Waals surface area contributed by atoms with Crippen LogP contribution in [-0.2, 0) is 14.4 Å². The van der Waals surface area contributed by atoms with E-state index in [4.69, 9.17) is 5.11 Å². The summed E-state index contributed by atoms with van der Waals surface area (Å²) in [6.07, 6.45) is 0.176. The molecule has 0 aliphatic carbocycles. The number of carboxylic acid groups (broad SMARTS) is 1. The van der Waals surface area contributed by atoms with Gasteiger partial charge in [-0.2, -0.15) is 0 Å². The van der Waals surface area contributed by atoms with Crippen molar-refractivity contribution in [2.45, 2.75) is 34.1 Å².